The number of carbonyl (C=O) groups is 1. The van der Waals surface area contributed by atoms with E-state index in [1.165, 1.54) is 12.3 Å². The maximum atomic E-state index is 12.9. The van der Waals surface area contributed by atoms with Gasteiger partial charge in [0.2, 0.25) is 5.91 Å². The van der Waals surface area contributed by atoms with Crippen molar-refractivity contribution in [1.29, 1.82) is 0 Å². The number of hydrogen-bond donors (Lipinski definition) is 1. The molecule has 1 fully saturated rings. The molecule has 1 amide bonds. The highest BCUT2D eigenvalue weighted by Gasteiger charge is 2.31. The second kappa shape index (κ2) is 6.51. The van der Waals surface area contributed by atoms with E-state index in [9.17, 15) is 18.0 Å². The number of rotatable bonds is 3. The molecule has 134 valence electrons. The molecule has 1 aliphatic heterocycles. The zero-order chi connectivity index (χ0) is 18.2. The average Bonchev–Trinajstić information content (AvgIpc) is 2.59. The van der Waals surface area contributed by atoms with Gasteiger partial charge in [-0.25, -0.2) is 0 Å². The zero-order valence-corrected chi connectivity index (χ0v) is 13.8. The van der Waals surface area contributed by atoms with Gasteiger partial charge in [0.1, 0.15) is 0 Å². The summed E-state index contributed by atoms with van der Waals surface area (Å²) in [6.07, 6.45) is -2.86. The van der Waals surface area contributed by atoms with Gasteiger partial charge in [0.25, 0.3) is 0 Å². The Bertz CT molecular complexity index is 785. The number of primary amides is 1. The Labute approximate surface area is 143 Å². The van der Waals surface area contributed by atoms with Crippen LogP contribution < -0.4 is 10.6 Å². The van der Waals surface area contributed by atoms with Gasteiger partial charge in [-0.15, -0.1) is 0 Å². The Morgan fingerprint density at radius 1 is 1.20 bits per heavy atom. The number of fused-ring (bicyclic) bond motifs is 1. The van der Waals surface area contributed by atoms with Crippen LogP contribution in [0.4, 0.5) is 18.9 Å². The Balaban J connectivity index is 1.84. The zero-order valence-electron chi connectivity index (χ0n) is 13.8. The van der Waals surface area contributed by atoms with Crippen LogP contribution in [0, 0.1) is 0 Å². The Kier molecular flexibility index (Phi) is 4.55. The van der Waals surface area contributed by atoms with E-state index in [0.29, 0.717) is 37.1 Å². The van der Waals surface area contributed by atoms with E-state index in [0.717, 1.165) is 17.8 Å². The molecule has 1 aliphatic rings. The molecule has 8 heteroatoms. The number of carbonyl (C=O) groups excluding carboxylic acids is 1. The van der Waals surface area contributed by atoms with Gasteiger partial charge in [-0.05, 0) is 25.1 Å². The van der Waals surface area contributed by atoms with Gasteiger partial charge in [0.15, 0.2) is 0 Å². The summed E-state index contributed by atoms with van der Waals surface area (Å²) >= 11 is 0. The molecule has 0 spiro atoms. The molecule has 1 saturated heterocycles. The van der Waals surface area contributed by atoms with Crippen LogP contribution in [0.3, 0.4) is 0 Å². The van der Waals surface area contributed by atoms with E-state index in [-0.39, 0.29) is 11.9 Å². The third-order valence-corrected chi connectivity index (χ3v) is 4.66. The molecule has 2 N–H and O–H groups in total. The molecular formula is C17H19F3N4O. The summed E-state index contributed by atoms with van der Waals surface area (Å²) in [4.78, 5) is 19.5. The maximum Gasteiger partial charge on any atom is 0.416 e. The number of halogens is 3. The summed E-state index contributed by atoms with van der Waals surface area (Å²) in [5.74, 6) is -0.359. The molecule has 1 unspecified atom stereocenters. The molecule has 5 nitrogen and oxygen atoms in total. The first-order valence-electron chi connectivity index (χ1n) is 8.01. The lowest BCUT2D eigenvalue weighted by Gasteiger charge is -2.38. The fraction of sp³-hybridized carbons (Fsp3) is 0.412. The van der Waals surface area contributed by atoms with Gasteiger partial charge in [-0.3, -0.25) is 14.7 Å². The van der Waals surface area contributed by atoms with Crippen molar-refractivity contribution in [2.75, 3.05) is 31.1 Å². The van der Waals surface area contributed by atoms with Crippen LogP contribution in [0.25, 0.3) is 10.9 Å². The molecule has 0 radical (unpaired) electrons. The van der Waals surface area contributed by atoms with Crippen LogP contribution in [0.15, 0.2) is 30.5 Å². The third kappa shape index (κ3) is 3.53. The van der Waals surface area contributed by atoms with E-state index in [4.69, 9.17) is 5.73 Å². The second-order valence-electron chi connectivity index (χ2n) is 6.16. The van der Waals surface area contributed by atoms with Crippen molar-refractivity contribution in [3.63, 3.8) is 0 Å². The molecule has 0 saturated carbocycles. The lowest BCUT2D eigenvalue weighted by Crippen LogP contribution is -2.53. The van der Waals surface area contributed by atoms with Crippen LogP contribution in [-0.4, -0.2) is 48.0 Å². The molecule has 1 atom stereocenters. The van der Waals surface area contributed by atoms with Crippen molar-refractivity contribution in [3.8, 4) is 0 Å². The number of piperazine rings is 1. The Hall–Kier alpha value is -2.35. The first kappa shape index (κ1) is 17.5. The Morgan fingerprint density at radius 2 is 1.88 bits per heavy atom. The SMILES string of the molecule is CC(C(N)=O)N1CCN(c2ccnc3cc(C(F)(F)F)ccc23)CC1. The van der Waals surface area contributed by atoms with Crippen molar-refractivity contribution in [3.05, 3.63) is 36.0 Å². The lowest BCUT2D eigenvalue weighted by molar-refractivity contribution is -0.137. The summed E-state index contributed by atoms with van der Waals surface area (Å²) < 4.78 is 38.6. The van der Waals surface area contributed by atoms with Crippen molar-refractivity contribution in [1.82, 2.24) is 9.88 Å². The predicted octanol–water partition coefficient (Wildman–Crippen LogP) is 2.25. The molecule has 2 aromatic rings. The number of nitrogens with zero attached hydrogens (tertiary/aromatic N) is 3. The van der Waals surface area contributed by atoms with Crippen molar-refractivity contribution in [2.24, 2.45) is 5.73 Å². The quantitative estimate of drug-likeness (QED) is 0.920. The van der Waals surface area contributed by atoms with Gasteiger partial charge in [0, 0.05) is 43.4 Å². The minimum absolute atomic E-state index is 0.320. The number of alkyl halides is 3. The van der Waals surface area contributed by atoms with E-state index < -0.39 is 11.7 Å². The second-order valence-corrected chi connectivity index (χ2v) is 6.16. The van der Waals surface area contributed by atoms with Crippen LogP contribution in [0.2, 0.25) is 0 Å². The standard InChI is InChI=1S/C17H19F3N4O/c1-11(16(21)25)23-6-8-24(9-7-23)15-4-5-22-14-10-12(17(18,19)20)2-3-13(14)15/h2-5,10-11H,6-9H2,1H3,(H2,21,25). The normalized spacial score (nSPS) is 17.7. The van der Waals surface area contributed by atoms with Crippen LogP contribution in [0.1, 0.15) is 12.5 Å². The fourth-order valence-electron chi connectivity index (χ4n) is 3.12. The number of hydrogen-bond acceptors (Lipinski definition) is 4. The topological polar surface area (TPSA) is 62.5 Å². The first-order chi connectivity index (χ1) is 11.8. The monoisotopic (exact) mass is 352 g/mol. The van der Waals surface area contributed by atoms with Gasteiger partial charge >= 0.3 is 6.18 Å². The van der Waals surface area contributed by atoms with E-state index in [1.54, 1.807) is 6.92 Å². The average molecular weight is 352 g/mol. The first-order valence-corrected chi connectivity index (χ1v) is 8.01. The summed E-state index contributed by atoms with van der Waals surface area (Å²) in [5, 5.41) is 0.687. The van der Waals surface area contributed by atoms with E-state index in [1.807, 2.05) is 11.0 Å². The largest absolute Gasteiger partial charge is 0.416 e. The van der Waals surface area contributed by atoms with Crippen LogP contribution >= 0.6 is 0 Å². The van der Waals surface area contributed by atoms with Crippen LogP contribution in [0.5, 0.6) is 0 Å². The highest BCUT2D eigenvalue weighted by molar-refractivity contribution is 5.92. The molecule has 1 aromatic carbocycles. The minimum atomic E-state index is -4.39. The number of aromatic nitrogens is 1. The summed E-state index contributed by atoms with van der Waals surface area (Å²) in [7, 11) is 0. The molecule has 0 aliphatic carbocycles. The molecule has 25 heavy (non-hydrogen) atoms. The van der Waals surface area contributed by atoms with Crippen LogP contribution in [-0.2, 0) is 11.0 Å². The number of nitrogens with two attached hydrogens (primary N) is 1. The third-order valence-electron chi connectivity index (χ3n) is 4.66. The maximum absolute atomic E-state index is 12.9. The van der Waals surface area contributed by atoms with Gasteiger partial charge in [-0.1, -0.05) is 6.07 Å². The highest BCUT2D eigenvalue weighted by atomic mass is 19.4. The van der Waals surface area contributed by atoms with Gasteiger partial charge < -0.3 is 10.6 Å². The van der Waals surface area contributed by atoms with Crippen molar-refractivity contribution >= 4 is 22.5 Å². The Morgan fingerprint density at radius 3 is 2.48 bits per heavy atom. The number of amides is 1. The molecule has 3 rings (SSSR count). The summed E-state index contributed by atoms with van der Waals surface area (Å²) in [6.45, 7) is 4.43. The highest BCUT2D eigenvalue weighted by Crippen LogP contribution is 2.33. The predicted molar refractivity (Wildman–Crippen MR) is 89.2 cm³/mol. The van der Waals surface area contributed by atoms with Gasteiger partial charge in [-0.2, -0.15) is 13.2 Å². The molecule has 0 bridgehead atoms. The fourth-order valence-corrected chi connectivity index (χ4v) is 3.12. The lowest BCUT2D eigenvalue weighted by atomic mass is 10.1. The minimum Gasteiger partial charge on any atom is -0.368 e. The van der Waals surface area contributed by atoms with Crippen molar-refractivity contribution < 1.29 is 18.0 Å². The number of pyridine rings is 1. The van der Waals surface area contributed by atoms with Crippen molar-refractivity contribution in [2.45, 2.75) is 19.1 Å². The summed E-state index contributed by atoms with van der Waals surface area (Å²) in [5.41, 5.74) is 5.81. The van der Waals surface area contributed by atoms with E-state index in [2.05, 4.69) is 9.88 Å². The van der Waals surface area contributed by atoms with E-state index >= 15 is 0 Å². The smallest absolute Gasteiger partial charge is 0.368 e. The molecule has 2 heterocycles. The van der Waals surface area contributed by atoms with Gasteiger partial charge in [0.05, 0.1) is 17.1 Å². The molecule has 1 aromatic heterocycles. The molecular weight excluding hydrogens is 333 g/mol. The summed E-state index contributed by atoms with van der Waals surface area (Å²) in [6, 6.07) is 5.11. The number of benzene rings is 1. The number of anilines is 1.